The fourth-order valence-electron chi connectivity index (χ4n) is 3.27. The van der Waals surface area contributed by atoms with Crippen LogP contribution in [0.3, 0.4) is 0 Å². The van der Waals surface area contributed by atoms with Gasteiger partial charge in [0.15, 0.2) is 0 Å². The lowest BCUT2D eigenvalue weighted by Crippen LogP contribution is -2.55. The first-order chi connectivity index (χ1) is 13.1. The predicted molar refractivity (Wildman–Crippen MR) is 106 cm³/mol. The topological polar surface area (TPSA) is 65.5 Å². The van der Waals surface area contributed by atoms with Crippen molar-refractivity contribution in [1.82, 2.24) is 20.1 Å². The first-order valence-electron chi connectivity index (χ1n) is 9.46. The minimum atomic E-state index is -0.146. The maximum absolute atomic E-state index is 12.8. The van der Waals surface area contributed by atoms with Crippen molar-refractivity contribution in [2.24, 2.45) is 0 Å². The molecular formula is C20H24N4O2S. The predicted octanol–water partition coefficient (Wildman–Crippen LogP) is 2.23. The van der Waals surface area contributed by atoms with Gasteiger partial charge < -0.3 is 10.2 Å². The van der Waals surface area contributed by atoms with Crippen LogP contribution < -0.4 is 5.32 Å². The average molecular weight is 385 g/mol. The number of thiazole rings is 1. The summed E-state index contributed by atoms with van der Waals surface area (Å²) in [4.78, 5) is 33.5. The van der Waals surface area contributed by atoms with Gasteiger partial charge in [0.2, 0.25) is 5.91 Å². The van der Waals surface area contributed by atoms with E-state index in [0.717, 1.165) is 23.4 Å². The zero-order valence-corrected chi connectivity index (χ0v) is 16.2. The highest BCUT2D eigenvalue weighted by atomic mass is 32.1. The molecule has 2 aliphatic rings. The van der Waals surface area contributed by atoms with Crippen molar-refractivity contribution < 1.29 is 9.59 Å². The summed E-state index contributed by atoms with van der Waals surface area (Å²) in [5.41, 5.74) is 1.54. The van der Waals surface area contributed by atoms with E-state index < -0.39 is 0 Å². The molecule has 0 radical (unpaired) electrons. The second kappa shape index (κ2) is 7.78. The molecule has 2 fully saturated rings. The molecule has 0 bridgehead atoms. The van der Waals surface area contributed by atoms with E-state index in [0.29, 0.717) is 37.9 Å². The van der Waals surface area contributed by atoms with Crippen LogP contribution >= 0.6 is 11.3 Å². The van der Waals surface area contributed by atoms with E-state index in [1.165, 1.54) is 11.3 Å². The molecule has 1 aliphatic heterocycles. The number of nitrogens with one attached hydrogen (secondary N) is 1. The van der Waals surface area contributed by atoms with Crippen molar-refractivity contribution in [3.8, 4) is 10.6 Å². The first kappa shape index (κ1) is 18.1. The number of piperazine rings is 1. The molecule has 1 aromatic heterocycles. The van der Waals surface area contributed by atoms with Crippen molar-refractivity contribution in [2.45, 2.75) is 31.8 Å². The molecule has 27 heavy (non-hydrogen) atoms. The normalized spacial score (nSPS) is 18.9. The summed E-state index contributed by atoms with van der Waals surface area (Å²) in [7, 11) is 0. The van der Waals surface area contributed by atoms with Gasteiger partial charge in [0.1, 0.15) is 10.7 Å². The van der Waals surface area contributed by atoms with Crippen molar-refractivity contribution in [3.05, 3.63) is 41.4 Å². The number of amides is 2. The number of rotatable bonds is 5. The Balaban J connectivity index is 1.33. The third-order valence-corrected chi connectivity index (χ3v) is 6.09. The molecule has 1 aliphatic carbocycles. The van der Waals surface area contributed by atoms with Gasteiger partial charge in [-0.25, -0.2) is 4.98 Å². The number of nitrogens with zero attached hydrogens (tertiary/aromatic N) is 3. The lowest BCUT2D eigenvalue weighted by molar-refractivity contribution is -0.126. The monoisotopic (exact) mass is 384 g/mol. The third kappa shape index (κ3) is 4.20. The fourth-order valence-corrected chi connectivity index (χ4v) is 4.07. The summed E-state index contributed by atoms with van der Waals surface area (Å²) in [6.45, 7) is 4.61. The van der Waals surface area contributed by atoms with E-state index in [2.05, 4.69) is 15.2 Å². The second-order valence-electron chi connectivity index (χ2n) is 7.19. The van der Waals surface area contributed by atoms with Crippen LogP contribution in [0.15, 0.2) is 35.7 Å². The van der Waals surface area contributed by atoms with E-state index >= 15 is 0 Å². The van der Waals surface area contributed by atoms with Crippen molar-refractivity contribution in [1.29, 1.82) is 0 Å². The molecule has 1 atom stereocenters. The lowest BCUT2D eigenvalue weighted by Gasteiger charge is -2.37. The molecule has 0 spiro atoms. The quantitative estimate of drug-likeness (QED) is 0.859. The van der Waals surface area contributed by atoms with Crippen LogP contribution in [0.2, 0.25) is 0 Å². The van der Waals surface area contributed by atoms with Crippen LogP contribution in [0, 0.1) is 0 Å². The molecule has 1 saturated carbocycles. The van der Waals surface area contributed by atoms with Crippen LogP contribution in [0.5, 0.6) is 0 Å². The highest BCUT2D eigenvalue weighted by Gasteiger charge is 2.31. The van der Waals surface area contributed by atoms with Gasteiger partial charge in [0.25, 0.3) is 5.91 Å². The third-order valence-electron chi connectivity index (χ3n) is 5.20. The zero-order chi connectivity index (χ0) is 18.8. The molecule has 6 nitrogen and oxygen atoms in total. The molecular weight excluding hydrogens is 360 g/mol. The maximum Gasteiger partial charge on any atom is 0.273 e. The van der Waals surface area contributed by atoms with Gasteiger partial charge in [-0.1, -0.05) is 30.3 Å². The molecule has 1 aromatic carbocycles. The summed E-state index contributed by atoms with van der Waals surface area (Å²) in [5.74, 6) is 0.0763. The molecule has 2 heterocycles. The molecule has 2 amide bonds. The highest BCUT2D eigenvalue weighted by molar-refractivity contribution is 7.13. The van der Waals surface area contributed by atoms with Crippen LogP contribution in [0.1, 0.15) is 30.3 Å². The van der Waals surface area contributed by atoms with E-state index in [1.54, 1.807) is 0 Å². The number of carbonyl (C=O) groups excluding carboxylic acids is 2. The minimum Gasteiger partial charge on any atom is -0.352 e. The average Bonchev–Trinajstić information content (AvgIpc) is 3.39. The maximum atomic E-state index is 12.8. The molecule has 1 unspecified atom stereocenters. The summed E-state index contributed by atoms with van der Waals surface area (Å²) in [6, 6.07) is 10.1. The summed E-state index contributed by atoms with van der Waals surface area (Å²) in [5, 5.41) is 5.76. The highest BCUT2D eigenvalue weighted by Crippen LogP contribution is 2.24. The second-order valence-corrected chi connectivity index (χ2v) is 8.05. The summed E-state index contributed by atoms with van der Waals surface area (Å²) >= 11 is 1.49. The first-order valence-corrected chi connectivity index (χ1v) is 10.3. The van der Waals surface area contributed by atoms with Gasteiger partial charge >= 0.3 is 0 Å². The van der Waals surface area contributed by atoms with Gasteiger partial charge in [-0.3, -0.25) is 14.5 Å². The Morgan fingerprint density at radius 1 is 1.15 bits per heavy atom. The van der Waals surface area contributed by atoms with Crippen molar-refractivity contribution in [2.75, 3.05) is 26.2 Å². The van der Waals surface area contributed by atoms with Gasteiger partial charge in [0.05, 0.1) is 6.04 Å². The van der Waals surface area contributed by atoms with Crippen molar-refractivity contribution in [3.63, 3.8) is 0 Å². The molecule has 1 saturated heterocycles. The van der Waals surface area contributed by atoms with Crippen LogP contribution in [0.25, 0.3) is 10.6 Å². The number of hydrogen-bond donors (Lipinski definition) is 1. The Hall–Kier alpha value is -2.25. The standard InChI is InChI=1S/C20H24N4O2S/c1-14(18(25)21-16-7-8-16)23-9-11-24(12-10-23)20(26)17-13-27-19(22-17)15-5-3-2-4-6-15/h2-6,13-14,16H,7-12H2,1H3,(H,21,25). The largest absolute Gasteiger partial charge is 0.352 e. The number of benzene rings is 1. The Bertz CT molecular complexity index is 810. The minimum absolute atomic E-state index is 0.0248. The van der Waals surface area contributed by atoms with Gasteiger partial charge in [-0.2, -0.15) is 0 Å². The van der Waals surface area contributed by atoms with Gasteiger partial charge in [-0.15, -0.1) is 11.3 Å². The molecule has 142 valence electrons. The lowest BCUT2D eigenvalue weighted by atomic mass is 10.2. The van der Waals surface area contributed by atoms with E-state index in [4.69, 9.17) is 0 Å². The Kier molecular flexibility index (Phi) is 5.22. The molecule has 2 aromatic rings. The number of carbonyl (C=O) groups is 2. The van der Waals surface area contributed by atoms with Crippen LogP contribution in [0.4, 0.5) is 0 Å². The summed E-state index contributed by atoms with van der Waals surface area (Å²) in [6.07, 6.45) is 2.19. The number of hydrogen-bond acceptors (Lipinski definition) is 5. The van der Waals surface area contributed by atoms with Crippen LogP contribution in [-0.4, -0.2) is 64.9 Å². The fraction of sp³-hybridized carbons (Fsp3) is 0.450. The van der Waals surface area contributed by atoms with E-state index in [1.807, 2.05) is 47.5 Å². The molecule has 1 N–H and O–H groups in total. The Morgan fingerprint density at radius 2 is 1.85 bits per heavy atom. The Morgan fingerprint density at radius 3 is 2.52 bits per heavy atom. The van der Waals surface area contributed by atoms with E-state index in [9.17, 15) is 9.59 Å². The zero-order valence-electron chi connectivity index (χ0n) is 15.4. The van der Waals surface area contributed by atoms with E-state index in [-0.39, 0.29) is 17.9 Å². The van der Waals surface area contributed by atoms with Crippen molar-refractivity contribution >= 4 is 23.2 Å². The smallest absolute Gasteiger partial charge is 0.273 e. The van der Waals surface area contributed by atoms with Gasteiger partial charge in [-0.05, 0) is 19.8 Å². The van der Waals surface area contributed by atoms with Crippen LogP contribution in [-0.2, 0) is 4.79 Å². The summed E-state index contributed by atoms with van der Waals surface area (Å²) < 4.78 is 0. The molecule has 7 heteroatoms. The van der Waals surface area contributed by atoms with Gasteiger partial charge in [0, 0.05) is 43.2 Å². The number of aromatic nitrogens is 1. The SMILES string of the molecule is CC(C(=O)NC1CC1)N1CCN(C(=O)c2csc(-c3ccccc3)n2)CC1. The molecule has 4 rings (SSSR count). The Labute approximate surface area is 163 Å².